The van der Waals surface area contributed by atoms with E-state index in [0.29, 0.717) is 6.42 Å². The molecule has 0 spiro atoms. The van der Waals surface area contributed by atoms with E-state index in [0.717, 1.165) is 36.7 Å². The van der Waals surface area contributed by atoms with Crippen LogP contribution >= 0.6 is 0 Å². The molecule has 11 heteroatoms. The van der Waals surface area contributed by atoms with Crippen molar-refractivity contribution in [2.45, 2.75) is 57.2 Å². The van der Waals surface area contributed by atoms with E-state index in [1.54, 1.807) is 4.90 Å². The molecule has 0 unspecified atom stereocenters. The lowest BCUT2D eigenvalue weighted by molar-refractivity contribution is -0.137. The molecular weight excluding hydrogens is 410 g/mol. The van der Waals surface area contributed by atoms with Crippen molar-refractivity contribution in [3.05, 3.63) is 27.2 Å². The molecule has 0 N–H and O–H groups in total. The van der Waals surface area contributed by atoms with Gasteiger partial charge in [0.1, 0.15) is 6.54 Å². The van der Waals surface area contributed by atoms with E-state index in [2.05, 4.69) is 4.98 Å². The standard InChI is InChI=1S/C19H27N5O5S/c1-21-17-16(18(26)22(2)19(21)27)23(12-20-17)10-15(25)24(13-6-4-3-5-7-13)14-8-9-30(28,29)11-14/h12-14H,3-11H2,1-2H3/t14-/m1/s1. The van der Waals surface area contributed by atoms with E-state index in [1.807, 2.05) is 0 Å². The molecule has 1 aliphatic carbocycles. The molecule has 0 radical (unpaired) electrons. The summed E-state index contributed by atoms with van der Waals surface area (Å²) in [7, 11) is -0.218. The number of hydrogen-bond acceptors (Lipinski definition) is 6. The number of carbonyl (C=O) groups is 1. The third-order valence-electron chi connectivity index (χ3n) is 6.38. The first kappa shape index (κ1) is 20.8. The molecule has 1 aliphatic heterocycles. The lowest BCUT2D eigenvalue weighted by Gasteiger charge is -2.38. The number of carbonyl (C=O) groups excluding carboxylic acids is 1. The molecule has 1 saturated carbocycles. The molecule has 3 heterocycles. The Morgan fingerprint density at radius 2 is 1.80 bits per heavy atom. The van der Waals surface area contributed by atoms with Gasteiger partial charge in [-0.25, -0.2) is 18.2 Å². The monoisotopic (exact) mass is 437 g/mol. The molecule has 1 saturated heterocycles. The fourth-order valence-corrected chi connectivity index (χ4v) is 6.51. The second kappa shape index (κ2) is 7.68. The number of imidazole rings is 1. The van der Waals surface area contributed by atoms with Gasteiger partial charge in [-0.15, -0.1) is 0 Å². The van der Waals surface area contributed by atoms with Gasteiger partial charge in [-0.1, -0.05) is 19.3 Å². The highest BCUT2D eigenvalue weighted by atomic mass is 32.2. The first-order valence-electron chi connectivity index (χ1n) is 10.3. The highest BCUT2D eigenvalue weighted by Crippen LogP contribution is 2.28. The molecule has 30 heavy (non-hydrogen) atoms. The predicted molar refractivity (Wildman–Crippen MR) is 111 cm³/mol. The third kappa shape index (κ3) is 3.59. The van der Waals surface area contributed by atoms with Crippen LogP contribution in [0.4, 0.5) is 0 Å². The zero-order valence-electron chi connectivity index (χ0n) is 17.3. The van der Waals surface area contributed by atoms with Crippen molar-refractivity contribution >= 4 is 26.9 Å². The number of sulfone groups is 1. The molecule has 2 aromatic heterocycles. The molecular formula is C19H27N5O5S. The maximum Gasteiger partial charge on any atom is 0.332 e. The van der Waals surface area contributed by atoms with Crippen LogP contribution in [-0.4, -0.2) is 61.5 Å². The highest BCUT2D eigenvalue weighted by molar-refractivity contribution is 7.91. The largest absolute Gasteiger partial charge is 0.334 e. The van der Waals surface area contributed by atoms with Crippen molar-refractivity contribution in [2.24, 2.45) is 14.1 Å². The summed E-state index contributed by atoms with van der Waals surface area (Å²) in [4.78, 5) is 44.1. The van der Waals surface area contributed by atoms with E-state index in [1.165, 1.54) is 29.6 Å². The summed E-state index contributed by atoms with van der Waals surface area (Å²) in [6, 6.07) is -0.306. The molecule has 10 nitrogen and oxygen atoms in total. The molecule has 4 rings (SSSR count). The van der Waals surface area contributed by atoms with Gasteiger partial charge in [0.15, 0.2) is 21.0 Å². The second-order valence-electron chi connectivity index (χ2n) is 8.40. The normalized spacial score (nSPS) is 21.9. The maximum atomic E-state index is 13.4. The van der Waals surface area contributed by atoms with E-state index >= 15 is 0 Å². The van der Waals surface area contributed by atoms with Crippen LogP contribution in [0.5, 0.6) is 0 Å². The average molecular weight is 438 g/mol. The second-order valence-corrected chi connectivity index (χ2v) is 10.6. The van der Waals surface area contributed by atoms with Crippen molar-refractivity contribution in [1.29, 1.82) is 0 Å². The summed E-state index contributed by atoms with van der Waals surface area (Å²) in [5.41, 5.74) is -0.575. The topological polar surface area (TPSA) is 116 Å². The van der Waals surface area contributed by atoms with Gasteiger partial charge >= 0.3 is 5.69 Å². The minimum Gasteiger partial charge on any atom is -0.334 e. The van der Waals surface area contributed by atoms with Crippen LogP contribution in [0, 0.1) is 0 Å². The number of nitrogens with zero attached hydrogens (tertiary/aromatic N) is 5. The van der Waals surface area contributed by atoms with Gasteiger partial charge in [0.25, 0.3) is 5.56 Å². The van der Waals surface area contributed by atoms with Crippen LogP contribution in [0.3, 0.4) is 0 Å². The lowest BCUT2D eigenvalue weighted by Crippen LogP contribution is -2.50. The van der Waals surface area contributed by atoms with Gasteiger partial charge in [-0.3, -0.25) is 18.7 Å². The Morgan fingerprint density at radius 1 is 1.10 bits per heavy atom. The summed E-state index contributed by atoms with van der Waals surface area (Å²) < 4.78 is 27.9. The molecule has 2 aromatic rings. The van der Waals surface area contributed by atoms with Crippen molar-refractivity contribution in [1.82, 2.24) is 23.6 Å². The maximum absolute atomic E-state index is 13.4. The van der Waals surface area contributed by atoms with Crippen molar-refractivity contribution < 1.29 is 13.2 Å². The summed E-state index contributed by atoms with van der Waals surface area (Å²) in [6.45, 7) is -0.114. The zero-order valence-corrected chi connectivity index (χ0v) is 18.1. The number of rotatable bonds is 4. The minimum absolute atomic E-state index is 0.00379. The van der Waals surface area contributed by atoms with Crippen molar-refractivity contribution in [2.75, 3.05) is 11.5 Å². The third-order valence-corrected chi connectivity index (χ3v) is 8.13. The number of hydrogen-bond donors (Lipinski definition) is 0. The SMILES string of the molecule is Cn1c(=O)c2c(ncn2CC(=O)N(C2CCCCC2)[C@@H]2CCS(=O)(=O)C2)n(C)c1=O. The Kier molecular flexibility index (Phi) is 5.33. The van der Waals surface area contributed by atoms with Crippen LogP contribution in [0.25, 0.3) is 11.2 Å². The van der Waals surface area contributed by atoms with E-state index in [-0.39, 0.29) is 47.2 Å². The van der Waals surface area contributed by atoms with E-state index < -0.39 is 21.1 Å². The van der Waals surface area contributed by atoms with Crippen molar-refractivity contribution in [3.8, 4) is 0 Å². The quantitative estimate of drug-likeness (QED) is 0.653. The fourth-order valence-electron chi connectivity index (χ4n) is 4.80. The van der Waals surface area contributed by atoms with Gasteiger partial charge < -0.3 is 9.47 Å². The number of aryl methyl sites for hydroxylation is 1. The number of amides is 1. The van der Waals surface area contributed by atoms with Gasteiger partial charge in [0.2, 0.25) is 5.91 Å². The summed E-state index contributed by atoms with van der Waals surface area (Å²) in [5.74, 6) is -0.111. The van der Waals surface area contributed by atoms with Gasteiger partial charge in [0, 0.05) is 26.2 Å². The van der Waals surface area contributed by atoms with Crippen LogP contribution in [0.1, 0.15) is 38.5 Å². The van der Waals surface area contributed by atoms with Crippen LogP contribution in [0.2, 0.25) is 0 Å². The minimum atomic E-state index is -3.14. The molecule has 0 bridgehead atoms. The smallest absolute Gasteiger partial charge is 0.332 e. The van der Waals surface area contributed by atoms with Gasteiger partial charge in [-0.2, -0.15) is 0 Å². The molecule has 0 aromatic carbocycles. The summed E-state index contributed by atoms with van der Waals surface area (Å²) >= 11 is 0. The Balaban J connectivity index is 1.69. The Hall–Kier alpha value is -2.43. The predicted octanol–water partition coefficient (Wildman–Crippen LogP) is -0.218. The number of aromatic nitrogens is 4. The van der Waals surface area contributed by atoms with Crippen LogP contribution < -0.4 is 11.2 Å². The van der Waals surface area contributed by atoms with Gasteiger partial charge in [0.05, 0.1) is 17.8 Å². The van der Waals surface area contributed by atoms with Crippen LogP contribution in [0.15, 0.2) is 15.9 Å². The summed E-state index contributed by atoms with van der Waals surface area (Å²) in [6.07, 6.45) is 6.73. The average Bonchev–Trinajstić information content (AvgIpc) is 3.29. The van der Waals surface area contributed by atoms with Crippen molar-refractivity contribution in [3.63, 3.8) is 0 Å². The zero-order chi connectivity index (χ0) is 21.6. The number of fused-ring (bicyclic) bond motifs is 1. The van der Waals surface area contributed by atoms with E-state index in [9.17, 15) is 22.8 Å². The van der Waals surface area contributed by atoms with E-state index in [4.69, 9.17) is 0 Å². The molecule has 2 fully saturated rings. The first-order valence-corrected chi connectivity index (χ1v) is 12.1. The van der Waals surface area contributed by atoms with Gasteiger partial charge in [-0.05, 0) is 19.3 Å². The molecule has 164 valence electrons. The Bertz CT molecular complexity index is 1200. The fraction of sp³-hybridized carbons (Fsp3) is 0.684. The molecule has 2 aliphatic rings. The van der Waals surface area contributed by atoms with Crippen LogP contribution in [-0.2, 0) is 35.3 Å². The Labute approximate surface area is 174 Å². The summed E-state index contributed by atoms with van der Waals surface area (Å²) in [5, 5.41) is 0. The molecule has 1 amide bonds. The highest BCUT2D eigenvalue weighted by Gasteiger charge is 2.38. The lowest BCUT2D eigenvalue weighted by atomic mass is 9.93. The Morgan fingerprint density at radius 3 is 2.43 bits per heavy atom. The first-order chi connectivity index (χ1) is 14.2. The molecule has 1 atom stereocenters.